The molecule has 0 saturated heterocycles. The number of halogens is 1. The molecular weight excluding hydrogens is 243 g/mol. The first kappa shape index (κ1) is 13.5. The van der Waals surface area contributed by atoms with E-state index in [4.69, 9.17) is 4.74 Å². The van der Waals surface area contributed by atoms with Gasteiger partial charge >= 0.3 is 0 Å². The molecule has 19 heavy (non-hydrogen) atoms. The van der Waals surface area contributed by atoms with E-state index in [1.54, 1.807) is 25.4 Å². The Hall–Kier alpha value is -1.94. The highest BCUT2D eigenvalue weighted by molar-refractivity contribution is 5.63. The van der Waals surface area contributed by atoms with Gasteiger partial charge in [0, 0.05) is 29.9 Å². The second kappa shape index (κ2) is 6.29. The minimum absolute atomic E-state index is 0.189. The number of nitrogens with zero attached hydrogens (tertiary/aromatic N) is 1. The Balaban J connectivity index is 2.28. The van der Waals surface area contributed by atoms with E-state index in [0.29, 0.717) is 18.0 Å². The Bertz CT molecular complexity index is 540. The van der Waals surface area contributed by atoms with E-state index in [9.17, 15) is 4.39 Å². The molecule has 0 amide bonds. The van der Waals surface area contributed by atoms with Crippen LogP contribution in [0, 0.1) is 5.82 Å². The number of rotatable bonds is 5. The fourth-order valence-electron chi connectivity index (χ4n) is 1.82. The minimum atomic E-state index is -0.189. The molecule has 1 heterocycles. The highest BCUT2D eigenvalue weighted by Gasteiger charge is 2.05. The smallest absolute Gasteiger partial charge is 0.212 e. The van der Waals surface area contributed by atoms with Crippen LogP contribution in [-0.2, 0) is 6.54 Å². The number of hydrogen-bond donors (Lipinski definition) is 1. The summed E-state index contributed by atoms with van der Waals surface area (Å²) in [5, 5.41) is 3.13. The summed E-state index contributed by atoms with van der Waals surface area (Å²) in [7, 11) is 1.58. The van der Waals surface area contributed by atoms with Crippen LogP contribution in [0.1, 0.15) is 12.5 Å². The van der Waals surface area contributed by atoms with Crippen LogP contribution in [0.5, 0.6) is 5.88 Å². The lowest BCUT2D eigenvalue weighted by molar-refractivity contribution is 0.398. The second-order valence-corrected chi connectivity index (χ2v) is 4.18. The van der Waals surface area contributed by atoms with Gasteiger partial charge in [-0.1, -0.05) is 13.0 Å². The number of hydrogen-bond acceptors (Lipinski definition) is 3. The van der Waals surface area contributed by atoms with Gasteiger partial charge in [-0.25, -0.2) is 9.37 Å². The fourth-order valence-corrected chi connectivity index (χ4v) is 1.82. The molecule has 0 bridgehead atoms. The van der Waals surface area contributed by atoms with Gasteiger partial charge in [-0.05, 0) is 30.3 Å². The molecule has 4 heteroatoms. The summed E-state index contributed by atoms with van der Waals surface area (Å²) < 4.78 is 18.7. The van der Waals surface area contributed by atoms with Gasteiger partial charge in [0.25, 0.3) is 0 Å². The monoisotopic (exact) mass is 260 g/mol. The molecule has 2 rings (SSSR count). The van der Waals surface area contributed by atoms with Crippen molar-refractivity contribution in [1.82, 2.24) is 10.3 Å². The van der Waals surface area contributed by atoms with Crippen LogP contribution in [0.4, 0.5) is 4.39 Å². The number of benzene rings is 1. The van der Waals surface area contributed by atoms with Crippen molar-refractivity contribution in [3.05, 3.63) is 47.9 Å². The molecule has 1 N–H and O–H groups in total. The minimum Gasteiger partial charge on any atom is -0.481 e. The Morgan fingerprint density at radius 3 is 2.63 bits per heavy atom. The van der Waals surface area contributed by atoms with Crippen molar-refractivity contribution in [2.75, 3.05) is 13.7 Å². The fraction of sp³-hybridized carbons (Fsp3) is 0.267. The van der Waals surface area contributed by atoms with Crippen LogP contribution in [0.15, 0.2) is 36.5 Å². The summed E-state index contributed by atoms with van der Waals surface area (Å²) in [5.74, 6) is 0.380. The third-order valence-corrected chi connectivity index (χ3v) is 2.89. The Morgan fingerprint density at radius 1 is 1.21 bits per heavy atom. The molecule has 0 aliphatic carbocycles. The zero-order valence-corrected chi connectivity index (χ0v) is 11.1. The van der Waals surface area contributed by atoms with Crippen LogP contribution in [-0.4, -0.2) is 18.6 Å². The van der Waals surface area contributed by atoms with Crippen molar-refractivity contribution < 1.29 is 9.13 Å². The summed E-state index contributed by atoms with van der Waals surface area (Å²) in [6.07, 6.45) is 1.73. The van der Waals surface area contributed by atoms with Crippen LogP contribution in [0.25, 0.3) is 11.1 Å². The molecule has 0 aliphatic heterocycles. The molecular formula is C15H17FN2O. The van der Waals surface area contributed by atoms with Crippen molar-refractivity contribution in [3.8, 4) is 17.0 Å². The average Bonchev–Trinajstić information content (AvgIpc) is 2.46. The molecule has 2 aromatic rings. The highest BCUT2D eigenvalue weighted by atomic mass is 19.1. The maximum absolute atomic E-state index is 13.7. The molecule has 1 aromatic carbocycles. The molecule has 100 valence electrons. The third kappa shape index (κ3) is 3.29. The standard InChI is InChI=1S/C15H17FN2O/c1-3-17-9-13-8-11(4-6-14(13)16)12-5-7-15(19-2)18-10-12/h4-8,10,17H,3,9H2,1-2H3. The van der Waals surface area contributed by atoms with E-state index in [2.05, 4.69) is 10.3 Å². The number of pyridine rings is 1. The summed E-state index contributed by atoms with van der Waals surface area (Å²) in [5.41, 5.74) is 2.55. The number of methoxy groups -OCH3 is 1. The Morgan fingerprint density at radius 2 is 2.00 bits per heavy atom. The predicted molar refractivity (Wildman–Crippen MR) is 73.6 cm³/mol. The highest BCUT2D eigenvalue weighted by Crippen LogP contribution is 2.22. The first-order valence-electron chi connectivity index (χ1n) is 6.24. The summed E-state index contributed by atoms with van der Waals surface area (Å²) in [4.78, 5) is 4.16. The summed E-state index contributed by atoms with van der Waals surface area (Å²) in [6, 6.07) is 8.81. The zero-order valence-electron chi connectivity index (χ0n) is 11.1. The lowest BCUT2D eigenvalue weighted by atomic mass is 10.0. The van der Waals surface area contributed by atoms with Crippen molar-refractivity contribution in [1.29, 1.82) is 0 Å². The average molecular weight is 260 g/mol. The van der Waals surface area contributed by atoms with Gasteiger partial charge in [0.1, 0.15) is 5.82 Å². The van der Waals surface area contributed by atoms with Crippen molar-refractivity contribution >= 4 is 0 Å². The molecule has 0 aliphatic rings. The summed E-state index contributed by atoms with van der Waals surface area (Å²) in [6.45, 7) is 3.34. The third-order valence-electron chi connectivity index (χ3n) is 2.89. The maximum Gasteiger partial charge on any atom is 0.212 e. The van der Waals surface area contributed by atoms with Gasteiger partial charge in [-0.3, -0.25) is 0 Å². The number of ether oxygens (including phenoxy) is 1. The van der Waals surface area contributed by atoms with Crippen molar-refractivity contribution in [2.24, 2.45) is 0 Å². The van der Waals surface area contributed by atoms with Crippen LogP contribution in [0.2, 0.25) is 0 Å². The van der Waals surface area contributed by atoms with E-state index in [0.717, 1.165) is 17.7 Å². The first-order valence-corrected chi connectivity index (χ1v) is 6.24. The topological polar surface area (TPSA) is 34.1 Å². The quantitative estimate of drug-likeness (QED) is 0.897. The second-order valence-electron chi connectivity index (χ2n) is 4.18. The molecule has 0 radical (unpaired) electrons. The van der Waals surface area contributed by atoms with E-state index >= 15 is 0 Å². The zero-order chi connectivity index (χ0) is 13.7. The molecule has 0 saturated carbocycles. The van der Waals surface area contributed by atoms with E-state index in [1.165, 1.54) is 6.07 Å². The van der Waals surface area contributed by atoms with Crippen LogP contribution < -0.4 is 10.1 Å². The normalized spacial score (nSPS) is 10.5. The lowest BCUT2D eigenvalue weighted by Crippen LogP contribution is -2.12. The van der Waals surface area contributed by atoms with Gasteiger partial charge < -0.3 is 10.1 Å². The van der Waals surface area contributed by atoms with E-state index < -0.39 is 0 Å². The van der Waals surface area contributed by atoms with Crippen LogP contribution >= 0.6 is 0 Å². The molecule has 0 atom stereocenters. The number of nitrogens with one attached hydrogen (secondary N) is 1. The first-order chi connectivity index (χ1) is 9.24. The van der Waals surface area contributed by atoms with Gasteiger partial charge in [0.05, 0.1) is 7.11 Å². The molecule has 1 aromatic heterocycles. The predicted octanol–water partition coefficient (Wildman–Crippen LogP) is 3.01. The maximum atomic E-state index is 13.7. The van der Waals surface area contributed by atoms with Gasteiger partial charge in [0.2, 0.25) is 5.88 Å². The van der Waals surface area contributed by atoms with Crippen molar-refractivity contribution in [2.45, 2.75) is 13.5 Å². The van der Waals surface area contributed by atoms with Crippen molar-refractivity contribution in [3.63, 3.8) is 0 Å². The molecule has 0 spiro atoms. The molecule has 0 unspecified atom stereocenters. The van der Waals surface area contributed by atoms with E-state index in [-0.39, 0.29) is 5.82 Å². The van der Waals surface area contributed by atoms with Gasteiger partial charge in [-0.2, -0.15) is 0 Å². The Labute approximate surface area is 112 Å². The largest absolute Gasteiger partial charge is 0.481 e. The molecule has 3 nitrogen and oxygen atoms in total. The summed E-state index contributed by atoms with van der Waals surface area (Å²) >= 11 is 0. The van der Waals surface area contributed by atoms with Crippen LogP contribution in [0.3, 0.4) is 0 Å². The van der Waals surface area contributed by atoms with Gasteiger partial charge in [0.15, 0.2) is 0 Å². The lowest BCUT2D eigenvalue weighted by Gasteiger charge is -2.08. The molecule has 0 fully saturated rings. The SMILES string of the molecule is CCNCc1cc(-c2ccc(OC)nc2)ccc1F. The Kier molecular flexibility index (Phi) is 4.47. The van der Waals surface area contributed by atoms with E-state index in [1.807, 2.05) is 19.1 Å². The number of aromatic nitrogens is 1. The van der Waals surface area contributed by atoms with Gasteiger partial charge in [-0.15, -0.1) is 0 Å².